The first-order chi connectivity index (χ1) is 7.27. The van der Waals surface area contributed by atoms with E-state index < -0.39 is 0 Å². The topological polar surface area (TPSA) is 21.3 Å². The van der Waals surface area contributed by atoms with E-state index in [1.54, 1.807) is 7.11 Å². The van der Waals surface area contributed by atoms with Crippen LogP contribution in [-0.2, 0) is 0 Å². The molecule has 82 valence electrons. The third-order valence-corrected chi connectivity index (χ3v) is 2.73. The highest BCUT2D eigenvalue weighted by Gasteiger charge is 1.97. The number of rotatable bonds is 5. The highest BCUT2D eigenvalue weighted by Crippen LogP contribution is 2.23. The number of ether oxygens (including phenoxy) is 1. The maximum absolute atomic E-state index is 5.17. The van der Waals surface area contributed by atoms with E-state index >= 15 is 0 Å². The van der Waals surface area contributed by atoms with Crippen molar-refractivity contribution >= 4 is 22.0 Å². The van der Waals surface area contributed by atoms with Gasteiger partial charge in [-0.25, -0.2) is 0 Å². The van der Waals surface area contributed by atoms with E-state index in [0.29, 0.717) is 0 Å². The average Bonchev–Trinajstić information content (AvgIpc) is 2.26. The zero-order chi connectivity index (χ0) is 11.1. The maximum atomic E-state index is 5.17. The summed E-state index contributed by atoms with van der Waals surface area (Å²) in [5, 5.41) is 3.23. The van der Waals surface area contributed by atoms with Crippen LogP contribution in [0.1, 0.15) is 12.5 Å². The van der Waals surface area contributed by atoms with E-state index in [-0.39, 0.29) is 0 Å². The van der Waals surface area contributed by atoms with Gasteiger partial charge in [0.2, 0.25) is 0 Å². The van der Waals surface area contributed by atoms with Crippen molar-refractivity contribution in [2.75, 3.05) is 20.2 Å². The summed E-state index contributed by atoms with van der Waals surface area (Å²) in [5.74, 6) is 0.876. The fraction of sp³-hybridized carbons (Fsp3) is 0.333. The van der Waals surface area contributed by atoms with Gasteiger partial charge < -0.3 is 10.1 Å². The highest BCUT2D eigenvalue weighted by atomic mass is 79.9. The number of hydrogen-bond donors (Lipinski definition) is 1. The molecule has 0 atom stereocenters. The summed E-state index contributed by atoms with van der Waals surface area (Å²) in [7, 11) is 1.68. The molecule has 1 N–H and O–H groups in total. The number of benzene rings is 1. The van der Waals surface area contributed by atoms with Gasteiger partial charge in [-0.15, -0.1) is 0 Å². The molecule has 0 aliphatic rings. The molecule has 0 amide bonds. The summed E-state index contributed by atoms with van der Waals surface area (Å²) in [4.78, 5) is 0. The van der Waals surface area contributed by atoms with Crippen LogP contribution in [0.25, 0.3) is 6.08 Å². The number of likely N-dealkylation sites (N-methyl/N-ethyl adjacent to an activating group) is 1. The molecule has 0 saturated carbocycles. The number of methoxy groups -OCH3 is 1. The predicted molar refractivity (Wildman–Crippen MR) is 68.3 cm³/mol. The quantitative estimate of drug-likeness (QED) is 0.830. The van der Waals surface area contributed by atoms with Gasteiger partial charge in [0.1, 0.15) is 5.75 Å². The van der Waals surface area contributed by atoms with Gasteiger partial charge in [-0.1, -0.05) is 35.0 Å². The molecular weight excluding hydrogens is 254 g/mol. The molecule has 3 heteroatoms. The lowest BCUT2D eigenvalue weighted by atomic mass is 10.2. The zero-order valence-corrected chi connectivity index (χ0v) is 10.7. The molecule has 0 unspecified atom stereocenters. The van der Waals surface area contributed by atoms with E-state index in [1.807, 2.05) is 18.2 Å². The Morgan fingerprint density at radius 3 is 2.93 bits per heavy atom. The number of halogens is 1. The molecule has 2 nitrogen and oxygen atoms in total. The van der Waals surface area contributed by atoms with Crippen LogP contribution in [0.3, 0.4) is 0 Å². The molecule has 0 radical (unpaired) electrons. The largest absolute Gasteiger partial charge is 0.497 e. The van der Waals surface area contributed by atoms with E-state index in [1.165, 1.54) is 0 Å². The van der Waals surface area contributed by atoms with Gasteiger partial charge in [-0.05, 0) is 30.3 Å². The molecular formula is C12H16BrNO. The first kappa shape index (κ1) is 12.3. The fourth-order valence-electron chi connectivity index (χ4n) is 1.19. The van der Waals surface area contributed by atoms with E-state index in [9.17, 15) is 0 Å². The average molecular weight is 270 g/mol. The first-order valence-corrected chi connectivity index (χ1v) is 5.78. The summed E-state index contributed by atoms with van der Waals surface area (Å²) in [5.41, 5.74) is 1.13. The van der Waals surface area contributed by atoms with Crippen LogP contribution in [0, 0.1) is 0 Å². The van der Waals surface area contributed by atoms with Crippen molar-refractivity contribution < 1.29 is 4.74 Å². The van der Waals surface area contributed by atoms with Gasteiger partial charge in [-0.2, -0.15) is 0 Å². The minimum atomic E-state index is 0.876. The van der Waals surface area contributed by atoms with Crippen LogP contribution in [0.4, 0.5) is 0 Å². The lowest BCUT2D eigenvalue weighted by Gasteiger charge is -2.03. The summed E-state index contributed by atoms with van der Waals surface area (Å²) in [6.07, 6.45) is 4.18. The van der Waals surface area contributed by atoms with Crippen molar-refractivity contribution in [3.8, 4) is 5.75 Å². The van der Waals surface area contributed by atoms with Gasteiger partial charge in [0.05, 0.1) is 7.11 Å². The molecule has 0 saturated heterocycles. The van der Waals surface area contributed by atoms with Crippen LogP contribution in [-0.4, -0.2) is 20.2 Å². The zero-order valence-electron chi connectivity index (χ0n) is 9.09. The number of hydrogen-bond acceptors (Lipinski definition) is 2. The predicted octanol–water partition coefficient (Wildman–Crippen LogP) is 3.08. The summed E-state index contributed by atoms with van der Waals surface area (Å²) < 4.78 is 6.25. The van der Waals surface area contributed by atoms with Gasteiger partial charge in [-0.3, -0.25) is 0 Å². The van der Waals surface area contributed by atoms with Crippen LogP contribution in [0.15, 0.2) is 28.7 Å². The molecule has 1 rings (SSSR count). The Labute approximate surface area is 99.5 Å². The van der Waals surface area contributed by atoms with Crippen LogP contribution in [0.5, 0.6) is 5.75 Å². The normalized spacial score (nSPS) is 10.9. The van der Waals surface area contributed by atoms with Crippen molar-refractivity contribution in [3.63, 3.8) is 0 Å². The molecule has 0 spiro atoms. The number of nitrogens with one attached hydrogen (secondary N) is 1. The standard InChI is InChI=1S/C12H16BrNO/c1-3-14-8-4-5-10-9-11(15-2)6-7-12(10)13/h4-7,9,14H,3,8H2,1-2H3/b5-4+. The van der Waals surface area contributed by atoms with Gasteiger partial charge >= 0.3 is 0 Å². The summed E-state index contributed by atoms with van der Waals surface area (Å²) in [6, 6.07) is 5.93. The van der Waals surface area contributed by atoms with Crippen molar-refractivity contribution in [1.29, 1.82) is 0 Å². The smallest absolute Gasteiger partial charge is 0.119 e. The highest BCUT2D eigenvalue weighted by molar-refractivity contribution is 9.10. The lowest BCUT2D eigenvalue weighted by Crippen LogP contribution is -2.11. The second kappa shape index (κ2) is 6.64. The lowest BCUT2D eigenvalue weighted by molar-refractivity contribution is 0.414. The Balaban J connectivity index is 2.70. The minimum absolute atomic E-state index is 0.876. The van der Waals surface area contributed by atoms with Gasteiger partial charge in [0.15, 0.2) is 0 Å². The Bertz CT molecular complexity index is 336. The second-order valence-electron chi connectivity index (χ2n) is 3.10. The summed E-state index contributed by atoms with van der Waals surface area (Å²) in [6.45, 7) is 3.97. The van der Waals surface area contributed by atoms with Gasteiger partial charge in [0.25, 0.3) is 0 Å². The molecule has 1 aromatic carbocycles. The Kier molecular flexibility index (Phi) is 5.43. The third-order valence-electron chi connectivity index (χ3n) is 2.01. The Morgan fingerprint density at radius 2 is 2.27 bits per heavy atom. The second-order valence-corrected chi connectivity index (χ2v) is 3.95. The molecule has 0 aliphatic carbocycles. The molecule has 1 aromatic rings. The van der Waals surface area contributed by atoms with E-state index in [2.05, 4.69) is 40.3 Å². The van der Waals surface area contributed by atoms with E-state index in [4.69, 9.17) is 4.74 Å². The molecule has 0 aliphatic heterocycles. The maximum Gasteiger partial charge on any atom is 0.119 e. The van der Waals surface area contributed by atoms with E-state index in [0.717, 1.165) is 28.9 Å². The van der Waals surface area contributed by atoms with Crippen molar-refractivity contribution in [2.24, 2.45) is 0 Å². The molecule has 0 bridgehead atoms. The van der Waals surface area contributed by atoms with Crippen LogP contribution < -0.4 is 10.1 Å². The Morgan fingerprint density at radius 1 is 1.47 bits per heavy atom. The minimum Gasteiger partial charge on any atom is -0.497 e. The Hall–Kier alpha value is -0.800. The monoisotopic (exact) mass is 269 g/mol. The molecule has 15 heavy (non-hydrogen) atoms. The molecule has 0 aromatic heterocycles. The molecule has 0 heterocycles. The van der Waals surface area contributed by atoms with Crippen molar-refractivity contribution in [1.82, 2.24) is 5.32 Å². The fourth-order valence-corrected chi connectivity index (χ4v) is 1.57. The SMILES string of the molecule is CCNC/C=C/c1cc(OC)ccc1Br. The van der Waals surface area contributed by atoms with Crippen molar-refractivity contribution in [2.45, 2.75) is 6.92 Å². The van der Waals surface area contributed by atoms with Crippen LogP contribution in [0.2, 0.25) is 0 Å². The van der Waals surface area contributed by atoms with Crippen LogP contribution >= 0.6 is 15.9 Å². The molecule has 0 fully saturated rings. The van der Waals surface area contributed by atoms with Gasteiger partial charge in [0, 0.05) is 11.0 Å². The first-order valence-electron chi connectivity index (χ1n) is 4.98. The third kappa shape index (κ3) is 4.06. The summed E-state index contributed by atoms with van der Waals surface area (Å²) >= 11 is 3.50. The van der Waals surface area contributed by atoms with Crippen molar-refractivity contribution in [3.05, 3.63) is 34.3 Å².